The monoisotopic (exact) mass is 445 g/mol. The van der Waals surface area contributed by atoms with Crippen molar-refractivity contribution in [1.82, 2.24) is 4.90 Å². The number of carbonyl (C=O) groups excluding carboxylic acids is 2. The molecule has 0 aliphatic carbocycles. The number of nitrogens with zero attached hydrogens (tertiary/aromatic N) is 1. The fourth-order valence-electron chi connectivity index (χ4n) is 3.71. The number of carbonyl (C=O) groups is 2. The maximum absolute atomic E-state index is 13.5. The molecular weight excluding hydrogens is 421 g/mol. The first-order chi connectivity index (χ1) is 14.9. The average Bonchev–Trinajstić information content (AvgIpc) is 3.00. The zero-order valence-corrected chi connectivity index (χ0v) is 18.3. The van der Waals surface area contributed by atoms with Gasteiger partial charge in [0, 0.05) is 12.1 Å². The van der Waals surface area contributed by atoms with E-state index in [1.165, 1.54) is 35.2 Å². The minimum absolute atomic E-state index is 0.0297. The third-order valence-corrected chi connectivity index (χ3v) is 5.55. The molecule has 1 atom stereocenters. The number of Topliss-reactive ketones (excluding diaryl/α,β-unsaturated/α-hetero) is 1. The molecule has 1 aliphatic rings. The molecule has 31 heavy (non-hydrogen) atoms. The molecule has 1 aliphatic heterocycles. The summed E-state index contributed by atoms with van der Waals surface area (Å²) in [6.45, 7) is 4.59. The van der Waals surface area contributed by atoms with Gasteiger partial charge in [0.15, 0.2) is 0 Å². The SMILES string of the molecule is CCCCCN1C(=O)C(=O)/C(=C(\O)c2ccc(Cl)c(OCC)c2)C1c1ccc(F)cc1. The van der Waals surface area contributed by atoms with Gasteiger partial charge in [0.2, 0.25) is 0 Å². The van der Waals surface area contributed by atoms with Gasteiger partial charge in [-0.15, -0.1) is 0 Å². The van der Waals surface area contributed by atoms with Gasteiger partial charge in [0.1, 0.15) is 17.3 Å². The van der Waals surface area contributed by atoms with E-state index in [0.29, 0.717) is 35.1 Å². The number of hydrogen-bond acceptors (Lipinski definition) is 4. The van der Waals surface area contributed by atoms with Crippen LogP contribution in [0.4, 0.5) is 4.39 Å². The molecule has 1 unspecified atom stereocenters. The highest BCUT2D eigenvalue weighted by atomic mass is 35.5. The Hall–Kier alpha value is -2.86. The molecule has 1 heterocycles. The number of unbranched alkanes of at least 4 members (excludes halogenated alkanes) is 2. The Kier molecular flexibility index (Phi) is 7.33. The van der Waals surface area contributed by atoms with Crippen LogP contribution < -0.4 is 4.74 Å². The van der Waals surface area contributed by atoms with E-state index in [-0.39, 0.29) is 11.3 Å². The molecule has 164 valence electrons. The summed E-state index contributed by atoms with van der Waals surface area (Å²) in [6.07, 6.45) is 2.57. The van der Waals surface area contributed by atoms with Gasteiger partial charge in [-0.3, -0.25) is 9.59 Å². The van der Waals surface area contributed by atoms with E-state index in [1.54, 1.807) is 19.1 Å². The number of amides is 1. The van der Waals surface area contributed by atoms with Crippen LogP contribution in [0.15, 0.2) is 48.0 Å². The molecule has 7 heteroatoms. The van der Waals surface area contributed by atoms with Crippen LogP contribution in [0.2, 0.25) is 5.02 Å². The molecule has 1 saturated heterocycles. The molecule has 2 aromatic carbocycles. The van der Waals surface area contributed by atoms with Gasteiger partial charge in [-0.1, -0.05) is 43.5 Å². The Bertz CT molecular complexity index is 1000. The van der Waals surface area contributed by atoms with Gasteiger partial charge in [-0.05, 0) is 49.2 Å². The lowest BCUT2D eigenvalue weighted by atomic mass is 9.95. The zero-order valence-electron chi connectivity index (χ0n) is 17.5. The van der Waals surface area contributed by atoms with Crippen LogP contribution in [0.25, 0.3) is 5.76 Å². The van der Waals surface area contributed by atoms with Crippen molar-refractivity contribution < 1.29 is 23.8 Å². The fraction of sp³-hybridized carbons (Fsp3) is 0.333. The van der Waals surface area contributed by atoms with Gasteiger partial charge < -0.3 is 14.7 Å². The van der Waals surface area contributed by atoms with Crippen molar-refractivity contribution in [3.63, 3.8) is 0 Å². The van der Waals surface area contributed by atoms with Gasteiger partial charge in [0.05, 0.1) is 23.2 Å². The van der Waals surface area contributed by atoms with Gasteiger partial charge in [0.25, 0.3) is 11.7 Å². The van der Waals surface area contributed by atoms with Crippen LogP contribution in [0.3, 0.4) is 0 Å². The molecule has 5 nitrogen and oxygen atoms in total. The molecule has 3 rings (SSSR count). The molecule has 0 aromatic heterocycles. The van der Waals surface area contributed by atoms with E-state index in [4.69, 9.17) is 16.3 Å². The number of hydrogen-bond donors (Lipinski definition) is 1. The van der Waals surface area contributed by atoms with Crippen molar-refractivity contribution in [2.75, 3.05) is 13.2 Å². The van der Waals surface area contributed by atoms with Crippen LogP contribution in [0, 0.1) is 5.82 Å². The topological polar surface area (TPSA) is 66.8 Å². The Morgan fingerprint density at radius 2 is 1.84 bits per heavy atom. The van der Waals surface area contributed by atoms with E-state index in [1.807, 2.05) is 6.92 Å². The highest BCUT2D eigenvalue weighted by Crippen LogP contribution is 2.40. The van der Waals surface area contributed by atoms with Crippen molar-refractivity contribution in [2.24, 2.45) is 0 Å². The predicted molar refractivity (Wildman–Crippen MR) is 118 cm³/mol. The summed E-state index contributed by atoms with van der Waals surface area (Å²) in [6, 6.07) is 9.46. The average molecular weight is 446 g/mol. The fourth-order valence-corrected chi connectivity index (χ4v) is 3.88. The van der Waals surface area contributed by atoms with E-state index < -0.39 is 23.5 Å². The van der Waals surface area contributed by atoms with Crippen LogP contribution in [-0.2, 0) is 9.59 Å². The number of aliphatic hydroxyl groups excluding tert-OH is 1. The molecule has 1 fully saturated rings. The first kappa shape index (κ1) is 22.8. The lowest BCUT2D eigenvalue weighted by Crippen LogP contribution is -2.30. The van der Waals surface area contributed by atoms with E-state index in [2.05, 4.69) is 0 Å². The second-order valence-corrected chi connectivity index (χ2v) is 7.74. The lowest BCUT2D eigenvalue weighted by molar-refractivity contribution is -0.139. The summed E-state index contributed by atoms with van der Waals surface area (Å²) in [5.41, 5.74) is 0.835. The van der Waals surface area contributed by atoms with Crippen LogP contribution in [-0.4, -0.2) is 34.8 Å². The molecule has 0 spiro atoms. The number of ether oxygens (including phenoxy) is 1. The van der Waals surface area contributed by atoms with Crippen molar-refractivity contribution in [2.45, 2.75) is 39.2 Å². The molecule has 2 aromatic rings. The predicted octanol–water partition coefficient (Wildman–Crippen LogP) is 5.49. The number of aliphatic hydroxyl groups is 1. The number of ketones is 1. The summed E-state index contributed by atoms with van der Waals surface area (Å²) < 4.78 is 19.0. The van der Waals surface area contributed by atoms with Crippen molar-refractivity contribution in [1.29, 1.82) is 0 Å². The minimum Gasteiger partial charge on any atom is -0.507 e. The summed E-state index contributed by atoms with van der Waals surface area (Å²) >= 11 is 6.14. The summed E-state index contributed by atoms with van der Waals surface area (Å²) in [4.78, 5) is 27.2. The number of likely N-dealkylation sites (tertiary alicyclic amines) is 1. The Morgan fingerprint density at radius 3 is 2.48 bits per heavy atom. The number of benzene rings is 2. The number of rotatable bonds is 8. The summed E-state index contributed by atoms with van der Waals surface area (Å²) in [5, 5.41) is 11.4. The summed E-state index contributed by atoms with van der Waals surface area (Å²) in [5.74, 6) is -1.82. The quantitative estimate of drug-likeness (QED) is 0.252. The standard InChI is InChI=1S/C24H25ClFNO4/c1-3-5-6-13-27-21(15-7-10-17(26)11-8-15)20(23(29)24(27)30)22(28)16-9-12-18(25)19(14-16)31-4-2/h7-12,14,21,28H,3-6,13H2,1-2H3/b22-20-. The van der Waals surface area contributed by atoms with Crippen LogP contribution in [0.1, 0.15) is 50.3 Å². The van der Waals surface area contributed by atoms with E-state index >= 15 is 0 Å². The van der Waals surface area contributed by atoms with Crippen molar-refractivity contribution in [3.05, 3.63) is 70.0 Å². The second kappa shape index (κ2) is 9.96. The van der Waals surface area contributed by atoms with Crippen LogP contribution in [0.5, 0.6) is 5.75 Å². The molecule has 1 N–H and O–H groups in total. The molecular formula is C24H25ClFNO4. The first-order valence-electron chi connectivity index (χ1n) is 10.4. The normalized spacial score (nSPS) is 17.9. The third kappa shape index (κ3) is 4.74. The highest BCUT2D eigenvalue weighted by Gasteiger charge is 2.45. The largest absolute Gasteiger partial charge is 0.507 e. The van der Waals surface area contributed by atoms with Crippen molar-refractivity contribution >= 4 is 29.1 Å². The second-order valence-electron chi connectivity index (χ2n) is 7.33. The smallest absolute Gasteiger partial charge is 0.295 e. The van der Waals surface area contributed by atoms with E-state index in [0.717, 1.165) is 19.3 Å². The lowest BCUT2D eigenvalue weighted by Gasteiger charge is -2.25. The molecule has 0 bridgehead atoms. The number of halogens is 2. The molecule has 1 amide bonds. The van der Waals surface area contributed by atoms with E-state index in [9.17, 15) is 19.1 Å². The minimum atomic E-state index is -0.802. The maximum atomic E-state index is 13.5. The third-order valence-electron chi connectivity index (χ3n) is 5.23. The van der Waals surface area contributed by atoms with Crippen molar-refractivity contribution in [3.8, 4) is 5.75 Å². The Morgan fingerprint density at radius 1 is 1.13 bits per heavy atom. The van der Waals surface area contributed by atoms with Gasteiger partial charge in [-0.25, -0.2) is 4.39 Å². The zero-order chi connectivity index (χ0) is 22.5. The van der Waals surface area contributed by atoms with Crippen LogP contribution >= 0.6 is 11.6 Å². The molecule has 0 radical (unpaired) electrons. The van der Waals surface area contributed by atoms with Gasteiger partial charge >= 0.3 is 0 Å². The highest BCUT2D eigenvalue weighted by molar-refractivity contribution is 6.46. The van der Waals surface area contributed by atoms with Gasteiger partial charge in [-0.2, -0.15) is 0 Å². The first-order valence-corrected chi connectivity index (χ1v) is 10.7. The molecule has 0 saturated carbocycles. The summed E-state index contributed by atoms with van der Waals surface area (Å²) in [7, 11) is 0. The Labute approximate surface area is 186 Å². The Balaban J connectivity index is 2.12. The maximum Gasteiger partial charge on any atom is 0.295 e.